The Morgan fingerprint density at radius 1 is 0.769 bits per heavy atom. The zero-order valence-electron chi connectivity index (χ0n) is 19.3. The number of ether oxygens (including phenoxy) is 3. The number of carbonyl (C=O) groups excluding carboxylic acids is 1. The molecule has 4 rings (SSSR count). The molecule has 0 spiro atoms. The highest BCUT2D eigenvalue weighted by atomic mass is 19.4. The summed E-state index contributed by atoms with van der Waals surface area (Å²) in [5.41, 5.74) is 0.637. The molecular formula is C25H16F8N2O4. The molecule has 206 valence electrons. The Hall–Kier alpha value is -4.49. The molecule has 0 aromatic heterocycles. The molecule has 1 N–H and O–H groups in total. The molecule has 0 saturated heterocycles. The fourth-order valence-corrected chi connectivity index (χ4v) is 3.76. The molecule has 1 atom stereocenters. The Bertz CT molecular complexity index is 1340. The molecule has 0 fully saturated rings. The molecular weight excluding hydrogens is 544 g/mol. The van der Waals surface area contributed by atoms with Crippen molar-refractivity contribution in [3.63, 3.8) is 0 Å². The van der Waals surface area contributed by atoms with E-state index in [2.05, 4.69) is 19.5 Å². The van der Waals surface area contributed by atoms with Crippen molar-refractivity contribution in [3.05, 3.63) is 90.1 Å². The first-order chi connectivity index (χ1) is 18.3. The summed E-state index contributed by atoms with van der Waals surface area (Å²) in [6.07, 6.45) is -8.40. The summed E-state index contributed by atoms with van der Waals surface area (Å²) < 4.78 is 112. The van der Waals surface area contributed by atoms with Gasteiger partial charge in [0.2, 0.25) is 0 Å². The van der Waals surface area contributed by atoms with Gasteiger partial charge in [-0.25, -0.2) is 0 Å². The van der Waals surface area contributed by atoms with Crippen LogP contribution in [0.1, 0.15) is 11.6 Å². The van der Waals surface area contributed by atoms with E-state index in [1.165, 1.54) is 59.5 Å². The predicted molar refractivity (Wildman–Crippen MR) is 121 cm³/mol. The Morgan fingerprint density at radius 3 is 1.87 bits per heavy atom. The van der Waals surface area contributed by atoms with Crippen LogP contribution in [0.15, 0.2) is 84.6 Å². The molecule has 0 radical (unpaired) electrons. The van der Waals surface area contributed by atoms with Gasteiger partial charge >= 0.3 is 19.3 Å². The SMILES string of the molecule is O=C1C(Nc2ccc(OC(F)(F)F)cc2)=CC(c2cccc(OC(F)F)c2)N1c1ccc(OC(F)(F)F)cc1. The molecule has 1 aliphatic heterocycles. The molecule has 3 aromatic carbocycles. The minimum absolute atomic E-state index is 0.0414. The molecule has 3 aromatic rings. The fraction of sp³-hybridized carbons (Fsp3) is 0.160. The summed E-state index contributed by atoms with van der Waals surface area (Å²) in [7, 11) is 0. The third kappa shape index (κ3) is 7.30. The van der Waals surface area contributed by atoms with Gasteiger partial charge in [-0.3, -0.25) is 9.69 Å². The number of alkyl halides is 8. The fourth-order valence-electron chi connectivity index (χ4n) is 3.76. The van der Waals surface area contributed by atoms with E-state index >= 15 is 0 Å². The van der Waals surface area contributed by atoms with Crippen LogP contribution in [-0.4, -0.2) is 25.2 Å². The second kappa shape index (κ2) is 10.7. The molecule has 39 heavy (non-hydrogen) atoms. The minimum Gasteiger partial charge on any atom is -0.435 e. The van der Waals surface area contributed by atoms with E-state index in [4.69, 9.17) is 0 Å². The lowest BCUT2D eigenvalue weighted by molar-refractivity contribution is -0.275. The van der Waals surface area contributed by atoms with Crippen LogP contribution in [0.5, 0.6) is 17.2 Å². The number of hydrogen-bond donors (Lipinski definition) is 1. The van der Waals surface area contributed by atoms with E-state index in [1.54, 1.807) is 0 Å². The van der Waals surface area contributed by atoms with E-state index in [0.29, 0.717) is 5.56 Å². The van der Waals surface area contributed by atoms with Gasteiger partial charge in [0.1, 0.15) is 22.9 Å². The van der Waals surface area contributed by atoms with Crippen molar-refractivity contribution >= 4 is 17.3 Å². The van der Waals surface area contributed by atoms with Gasteiger partial charge in [0.05, 0.1) is 6.04 Å². The standard InChI is InChI=1S/C25H16F8N2O4/c26-23(27)37-19-3-1-2-14(12-19)21-13-20(34-15-4-8-17(9-5-15)38-24(28,29)30)22(36)35(21)16-6-10-18(11-7-16)39-25(31,32)33/h1-13,21,23,34H. The molecule has 6 nitrogen and oxygen atoms in total. The zero-order valence-corrected chi connectivity index (χ0v) is 19.3. The highest BCUT2D eigenvalue weighted by molar-refractivity contribution is 6.11. The van der Waals surface area contributed by atoms with Crippen LogP contribution in [0, 0.1) is 0 Å². The van der Waals surface area contributed by atoms with E-state index in [0.717, 1.165) is 24.3 Å². The topological polar surface area (TPSA) is 60.0 Å². The average Bonchev–Trinajstić information content (AvgIpc) is 3.14. The largest absolute Gasteiger partial charge is 0.573 e. The third-order valence-electron chi connectivity index (χ3n) is 5.19. The number of rotatable bonds is 8. The molecule has 1 amide bonds. The Balaban J connectivity index is 1.65. The lowest BCUT2D eigenvalue weighted by Gasteiger charge is -2.26. The maximum atomic E-state index is 13.4. The van der Waals surface area contributed by atoms with Gasteiger partial charge in [-0.15, -0.1) is 26.3 Å². The number of halogens is 8. The van der Waals surface area contributed by atoms with Gasteiger partial charge in [-0.2, -0.15) is 8.78 Å². The molecule has 1 unspecified atom stereocenters. The summed E-state index contributed by atoms with van der Waals surface area (Å²) in [4.78, 5) is 14.6. The molecule has 14 heteroatoms. The first-order valence-electron chi connectivity index (χ1n) is 10.9. The molecule has 1 heterocycles. The summed E-state index contributed by atoms with van der Waals surface area (Å²) in [6.45, 7) is -3.11. The summed E-state index contributed by atoms with van der Waals surface area (Å²) in [5.74, 6) is -1.88. The number of benzene rings is 3. The highest BCUT2D eigenvalue weighted by Gasteiger charge is 2.36. The van der Waals surface area contributed by atoms with Crippen molar-refractivity contribution in [1.82, 2.24) is 0 Å². The second-order valence-corrected chi connectivity index (χ2v) is 7.89. The van der Waals surface area contributed by atoms with Crippen LogP contribution >= 0.6 is 0 Å². The van der Waals surface area contributed by atoms with Crippen LogP contribution in [0.4, 0.5) is 46.5 Å². The zero-order chi connectivity index (χ0) is 28.4. The lowest BCUT2D eigenvalue weighted by atomic mass is 10.1. The first kappa shape index (κ1) is 27.5. The number of carbonyl (C=O) groups is 1. The number of nitrogens with zero attached hydrogens (tertiary/aromatic N) is 1. The highest BCUT2D eigenvalue weighted by Crippen LogP contribution is 2.38. The van der Waals surface area contributed by atoms with Crippen LogP contribution in [0.3, 0.4) is 0 Å². The van der Waals surface area contributed by atoms with Gasteiger partial charge in [-0.05, 0) is 72.3 Å². The van der Waals surface area contributed by atoms with Gasteiger partial charge in [-0.1, -0.05) is 12.1 Å². The molecule has 1 aliphatic rings. The maximum absolute atomic E-state index is 13.4. The van der Waals surface area contributed by atoms with Crippen molar-refractivity contribution < 1.29 is 54.1 Å². The monoisotopic (exact) mass is 560 g/mol. The quantitative estimate of drug-likeness (QED) is 0.296. The van der Waals surface area contributed by atoms with Crippen molar-refractivity contribution in [2.24, 2.45) is 0 Å². The summed E-state index contributed by atoms with van der Waals surface area (Å²) in [5, 5.41) is 2.78. The van der Waals surface area contributed by atoms with Crippen LogP contribution in [0.2, 0.25) is 0 Å². The predicted octanol–water partition coefficient (Wildman–Crippen LogP) is 7.17. The van der Waals surface area contributed by atoms with Crippen LogP contribution < -0.4 is 24.4 Å². The Labute approximate surface area is 215 Å². The van der Waals surface area contributed by atoms with Crippen LogP contribution in [-0.2, 0) is 4.79 Å². The van der Waals surface area contributed by atoms with Crippen molar-refractivity contribution in [3.8, 4) is 17.2 Å². The summed E-state index contributed by atoms with van der Waals surface area (Å²) >= 11 is 0. The lowest BCUT2D eigenvalue weighted by Crippen LogP contribution is -2.30. The van der Waals surface area contributed by atoms with E-state index < -0.39 is 42.8 Å². The average molecular weight is 560 g/mol. The number of nitrogens with one attached hydrogen (secondary N) is 1. The smallest absolute Gasteiger partial charge is 0.435 e. The van der Waals surface area contributed by atoms with E-state index in [-0.39, 0.29) is 22.8 Å². The van der Waals surface area contributed by atoms with Gasteiger partial charge in [0.15, 0.2) is 0 Å². The second-order valence-electron chi connectivity index (χ2n) is 7.89. The van der Waals surface area contributed by atoms with Crippen molar-refractivity contribution in [2.45, 2.75) is 25.4 Å². The summed E-state index contributed by atoms with van der Waals surface area (Å²) in [6, 6.07) is 13.4. The number of amides is 1. The Morgan fingerprint density at radius 2 is 1.33 bits per heavy atom. The molecule has 0 saturated carbocycles. The van der Waals surface area contributed by atoms with E-state index in [1.807, 2.05) is 0 Å². The normalized spacial score (nSPS) is 15.8. The van der Waals surface area contributed by atoms with Gasteiger partial charge < -0.3 is 19.5 Å². The minimum atomic E-state index is -4.93. The Kier molecular flexibility index (Phi) is 7.56. The van der Waals surface area contributed by atoms with Gasteiger partial charge in [0, 0.05) is 11.4 Å². The van der Waals surface area contributed by atoms with Gasteiger partial charge in [0.25, 0.3) is 5.91 Å². The molecule has 0 bridgehead atoms. The number of anilines is 2. The maximum Gasteiger partial charge on any atom is 0.573 e. The number of hydrogen-bond acceptors (Lipinski definition) is 5. The van der Waals surface area contributed by atoms with Crippen molar-refractivity contribution in [1.29, 1.82) is 0 Å². The van der Waals surface area contributed by atoms with Crippen LogP contribution in [0.25, 0.3) is 0 Å². The molecule has 0 aliphatic carbocycles. The third-order valence-corrected chi connectivity index (χ3v) is 5.19. The first-order valence-corrected chi connectivity index (χ1v) is 10.9. The van der Waals surface area contributed by atoms with E-state index in [9.17, 15) is 39.9 Å². The van der Waals surface area contributed by atoms with Crippen molar-refractivity contribution in [2.75, 3.05) is 10.2 Å².